The summed E-state index contributed by atoms with van der Waals surface area (Å²) in [4.78, 5) is 16.4. The van der Waals surface area contributed by atoms with E-state index in [2.05, 4.69) is 10.3 Å². The van der Waals surface area contributed by atoms with E-state index in [9.17, 15) is 4.79 Å². The van der Waals surface area contributed by atoms with Gasteiger partial charge in [-0.3, -0.25) is 9.78 Å². The number of carbonyl (C=O) groups excluding carboxylic acids is 1. The van der Waals surface area contributed by atoms with Crippen LogP contribution in [0.25, 0.3) is 10.9 Å². The molecule has 3 N–H and O–H groups in total. The summed E-state index contributed by atoms with van der Waals surface area (Å²) in [6.45, 7) is 4.57. The van der Waals surface area contributed by atoms with Gasteiger partial charge in [0.05, 0.1) is 5.52 Å². The number of nitrogens with zero attached hydrogens (tertiary/aromatic N) is 1. The Bertz CT molecular complexity index is 605. The minimum atomic E-state index is -0.325. The minimum Gasteiger partial charge on any atom is -0.350 e. The van der Waals surface area contributed by atoms with Crippen molar-refractivity contribution in [3.8, 4) is 0 Å². The maximum atomic E-state index is 12.2. The number of benzene rings is 1. The van der Waals surface area contributed by atoms with Crippen LogP contribution in [0, 0.1) is 0 Å². The van der Waals surface area contributed by atoms with Crippen molar-refractivity contribution in [2.24, 2.45) is 5.73 Å². The Morgan fingerprint density at radius 3 is 2.75 bits per heavy atom. The van der Waals surface area contributed by atoms with Gasteiger partial charge in [0.15, 0.2) is 0 Å². The van der Waals surface area contributed by atoms with Crippen LogP contribution < -0.4 is 11.1 Å². The predicted octanol–water partition coefficient (Wildman–Crippen LogP) is 2.48. The zero-order valence-corrected chi connectivity index (χ0v) is 12.0. The summed E-state index contributed by atoms with van der Waals surface area (Å²) in [7, 11) is 0. The van der Waals surface area contributed by atoms with Crippen molar-refractivity contribution in [3.63, 3.8) is 0 Å². The summed E-state index contributed by atoms with van der Waals surface area (Å²) >= 11 is 0. The number of nitrogens with two attached hydrogens (primary N) is 1. The Balaban J connectivity index is 2.11. The van der Waals surface area contributed by atoms with Crippen LogP contribution in [-0.4, -0.2) is 23.0 Å². The van der Waals surface area contributed by atoms with E-state index in [0.29, 0.717) is 12.1 Å². The zero-order chi connectivity index (χ0) is 14.6. The molecule has 2 aromatic rings. The topological polar surface area (TPSA) is 68.0 Å². The van der Waals surface area contributed by atoms with E-state index in [-0.39, 0.29) is 11.4 Å². The molecule has 2 rings (SSSR count). The Morgan fingerprint density at radius 1 is 1.30 bits per heavy atom. The van der Waals surface area contributed by atoms with Crippen LogP contribution in [0.2, 0.25) is 0 Å². The molecular weight excluding hydrogens is 250 g/mol. The van der Waals surface area contributed by atoms with Crippen molar-refractivity contribution in [2.75, 3.05) is 6.54 Å². The van der Waals surface area contributed by atoms with Crippen LogP contribution in [0.4, 0.5) is 0 Å². The fraction of sp³-hybridized carbons (Fsp3) is 0.375. The number of hydrogen-bond acceptors (Lipinski definition) is 3. The monoisotopic (exact) mass is 271 g/mol. The van der Waals surface area contributed by atoms with Crippen molar-refractivity contribution >= 4 is 16.8 Å². The van der Waals surface area contributed by atoms with Gasteiger partial charge in [0.1, 0.15) is 0 Å². The molecular formula is C16H21N3O. The summed E-state index contributed by atoms with van der Waals surface area (Å²) in [5.74, 6) is -0.0903. The molecule has 1 aromatic heterocycles. The number of carbonyl (C=O) groups is 1. The van der Waals surface area contributed by atoms with Gasteiger partial charge in [-0.2, -0.15) is 0 Å². The first-order valence-corrected chi connectivity index (χ1v) is 7.00. The molecule has 0 radical (unpaired) electrons. The van der Waals surface area contributed by atoms with E-state index in [1.807, 2.05) is 38.1 Å². The Labute approximate surface area is 119 Å². The third-order valence-electron chi connectivity index (χ3n) is 3.87. The SMILES string of the molecule is CCC(N)(CC)CNC(=O)c1ccc2ncccc2c1. The van der Waals surface area contributed by atoms with Crippen LogP contribution in [0.3, 0.4) is 0 Å². The fourth-order valence-electron chi connectivity index (χ4n) is 2.08. The quantitative estimate of drug-likeness (QED) is 0.878. The molecule has 0 saturated carbocycles. The van der Waals surface area contributed by atoms with Gasteiger partial charge in [-0.1, -0.05) is 19.9 Å². The summed E-state index contributed by atoms with van der Waals surface area (Å²) in [5, 5.41) is 3.88. The second kappa shape index (κ2) is 6.01. The Kier molecular flexibility index (Phi) is 4.35. The summed E-state index contributed by atoms with van der Waals surface area (Å²) < 4.78 is 0. The van der Waals surface area contributed by atoms with Gasteiger partial charge in [-0.05, 0) is 37.1 Å². The van der Waals surface area contributed by atoms with Crippen molar-refractivity contribution in [1.29, 1.82) is 0 Å². The molecule has 0 unspecified atom stereocenters. The van der Waals surface area contributed by atoms with Gasteiger partial charge in [0.25, 0.3) is 5.91 Å². The average molecular weight is 271 g/mol. The highest BCUT2D eigenvalue weighted by atomic mass is 16.1. The molecule has 4 nitrogen and oxygen atoms in total. The fourth-order valence-corrected chi connectivity index (χ4v) is 2.08. The number of amides is 1. The number of fused-ring (bicyclic) bond motifs is 1. The first-order valence-electron chi connectivity index (χ1n) is 7.00. The van der Waals surface area contributed by atoms with Gasteiger partial charge in [-0.15, -0.1) is 0 Å². The van der Waals surface area contributed by atoms with Crippen molar-refractivity contribution in [1.82, 2.24) is 10.3 Å². The second-order valence-electron chi connectivity index (χ2n) is 5.16. The van der Waals surface area contributed by atoms with Crippen LogP contribution >= 0.6 is 0 Å². The van der Waals surface area contributed by atoms with Crippen molar-refractivity contribution in [3.05, 3.63) is 42.1 Å². The van der Waals surface area contributed by atoms with E-state index in [4.69, 9.17) is 5.73 Å². The number of pyridine rings is 1. The van der Waals surface area contributed by atoms with Gasteiger partial charge in [-0.25, -0.2) is 0 Å². The van der Waals surface area contributed by atoms with Gasteiger partial charge >= 0.3 is 0 Å². The molecule has 1 heterocycles. The molecule has 0 aliphatic rings. The molecule has 0 saturated heterocycles. The molecule has 20 heavy (non-hydrogen) atoms. The maximum Gasteiger partial charge on any atom is 0.251 e. The van der Waals surface area contributed by atoms with Crippen molar-refractivity contribution in [2.45, 2.75) is 32.2 Å². The van der Waals surface area contributed by atoms with Crippen LogP contribution in [0.1, 0.15) is 37.0 Å². The molecule has 0 spiro atoms. The largest absolute Gasteiger partial charge is 0.350 e. The normalized spacial score (nSPS) is 11.6. The second-order valence-corrected chi connectivity index (χ2v) is 5.16. The van der Waals surface area contributed by atoms with Gasteiger partial charge in [0.2, 0.25) is 0 Å². The highest BCUT2D eigenvalue weighted by molar-refractivity contribution is 5.97. The minimum absolute atomic E-state index is 0.0903. The number of hydrogen-bond donors (Lipinski definition) is 2. The lowest BCUT2D eigenvalue weighted by Crippen LogP contribution is -2.49. The smallest absolute Gasteiger partial charge is 0.251 e. The molecule has 4 heteroatoms. The molecule has 0 aliphatic heterocycles. The summed E-state index contributed by atoms with van der Waals surface area (Å²) in [6.07, 6.45) is 3.42. The van der Waals surface area contributed by atoms with Gasteiger partial charge in [0, 0.05) is 29.2 Å². The lowest BCUT2D eigenvalue weighted by atomic mass is 9.94. The zero-order valence-electron chi connectivity index (χ0n) is 12.0. The number of nitrogens with one attached hydrogen (secondary N) is 1. The summed E-state index contributed by atoms with van der Waals surface area (Å²) in [6, 6.07) is 9.32. The first-order chi connectivity index (χ1) is 9.58. The molecule has 1 amide bonds. The highest BCUT2D eigenvalue weighted by Crippen LogP contribution is 2.14. The number of rotatable bonds is 5. The predicted molar refractivity (Wildman–Crippen MR) is 81.6 cm³/mol. The first kappa shape index (κ1) is 14.5. The lowest BCUT2D eigenvalue weighted by molar-refractivity contribution is 0.0942. The molecule has 1 aromatic carbocycles. The third kappa shape index (κ3) is 3.14. The molecule has 0 atom stereocenters. The average Bonchev–Trinajstić information content (AvgIpc) is 2.51. The molecule has 0 fully saturated rings. The number of aromatic nitrogens is 1. The van der Waals surface area contributed by atoms with E-state index in [0.717, 1.165) is 23.7 Å². The van der Waals surface area contributed by atoms with Crippen LogP contribution in [0.15, 0.2) is 36.5 Å². The Morgan fingerprint density at radius 2 is 2.05 bits per heavy atom. The van der Waals surface area contributed by atoms with Gasteiger partial charge < -0.3 is 11.1 Å². The maximum absolute atomic E-state index is 12.2. The summed E-state index contributed by atoms with van der Waals surface area (Å²) in [5.41, 5.74) is 7.39. The van der Waals surface area contributed by atoms with E-state index >= 15 is 0 Å². The molecule has 106 valence electrons. The van der Waals surface area contributed by atoms with Crippen LogP contribution in [0.5, 0.6) is 0 Å². The molecule has 0 bridgehead atoms. The van der Waals surface area contributed by atoms with E-state index < -0.39 is 0 Å². The van der Waals surface area contributed by atoms with E-state index in [1.165, 1.54) is 0 Å². The Hall–Kier alpha value is -1.94. The standard InChI is InChI=1S/C16H21N3O/c1-3-16(17,4-2)11-19-15(20)13-7-8-14-12(10-13)6-5-9-18-14/h5-10H,3-4,11,17H2,1-2H3,(H,19,20). The lowest BCUT2D eigenvalue weighted by Gasteiger charge is -2.26. The van der Waals surface area contributed by atoms with Crippen molar-refractivity contribution < 1.29 is 4.79 Å². The van der Waals surface area contributed by atoms with Crippen LogP contribution in [-0.2, 0) is 0 Å². The van der Waals surface area contributed by atoms with E-state index in [1.54, 1.807) is 12.3 Å². The molecule has 0 aliphatic carbocycles. The highest BCUT2D eigenvalue weighted by Gasteiger charge is 2.21. The third-order valence-corrected chi connectivity index (χ3v) is 3.87.